The lowest BCUT2D eigenvalue weighted by molar-refractivity contribution is 0.165. The summed E-state index contributed by atoms with van der Waals surface area (Å²) in [6.45, 7) is 2.41. The molecule has 1 aromatic rings. The van der Waals surface area contributed by atoms with E-state index in [2.05, 4.69) is 12.2 Å². The highest BCUT2D eigenvalue weighted by atomic mass is 32.2. The van der Waals surface area contributed by atoms with Crippen LogP contribution in [-0.2, 0) is 0 Å². The van der Waals surface area contributed by atoms with E-state index in [1.165, 1.54) is 6.42 Å². The third-order valence-electron chi connectivity index (χ3n) is 3.70. The number of hydrogen-bond acceptors (Lipinski definition) is 3. The molecule has 1 aliphatic carbocycles. The molecule has 5 heteroatoms. The van der Waals surface area contributed by atoms with Crippen molar-refractivity contribution in [1.29, 1.82) is 0 Å². The highest BCUT2D eigenvalue weighted by Gasteiger charge is 2.25. The molecule has 0 bridgehead atoms. The van der Waals surface area contributed by atoms with Crippen molar-refractivity contribution in [2.24, 2.45) is 0 Å². The van der Waals surface area contributed by atoms with Crippen LogP contribution < -0.4 is 5.32 Å². The molecular weight excluding hydrogens is 280 g/mol. The van der Waals surface area contributed by atoms with E-state index in [1.807, 2.05) is 11.8 Å². The van der Waals surface area contributed by atoms with Crippen molar-refractivity contribution in [3.05, 3.63) is 35.4 Å². The largest absolute Gasteiger partial charge is 0.387 e. The molecule has 0 heterocycles. The van der Waals surface area contributed by atoms with Crippen LogP contribution in [0.4, 0.5) is 8.78 Å². The summed E-state index contributed by atoms with van der Waals surface area (Å²) in [5, 5.41) is 13.9. The zero-order chi connectivity index (χ0) is 14.5. The lowest BCUT2D eigenvalue weighted by Gasteiger charge is -2.17. The van der Waals surface area contributed by atoms with Gasteiger partial charge in [0.15, 0.2) is 0 Å². The first-order valence-electron chi connectivity index (χ1n) is 7.08. The van der Waals surface area contributed by atoms with Crippen molar-refractivity contribution < 1.29 is 13.9 Å². The molecule has 0 saturated heterocycles. The fourth-order valence-electron chi connectivity index (χ4n) is 2.67. The maximum absolute atomic E-state index is 13.5. The minimum Gasteiger partial charge on any atom is -0.387 e. The maximum atomic E-state index is 13.5. The predicted molar refractivity (Wildman–Crippen MR) is 78.9 cm³/mol. The van der Waals surface area contributed by atoms with Gasteiger partial charge in [-0.1, -0.05) is 6.92 Å². The first-order chi connectivity index (χ1) is 9.60. The first kappa shape index (κ1) is 15.7. The average Bonchev–Trinajstić information content (AvgIpc) is 2.87. The standard InChI is InChI=1S/C15H21F2NOS/c1-2-20-12-5-4-11(8-12)18-9-15(19)13-7-10(16)3-6-14(13)17/h3,6-7,11-12,15,18-19H,2,4-5,8-9H2,1H3. The number of rotatable bonds is 6. The van der Waals surface area contributed by atoms with Gasteiger partial charge in [0.1, 0.15) is 11.6 Å². The minimum absolute atomic E-state index is 0.0231. The highest BCUT2D eigenvalue weighted by Crippen LogP contribution is 2.30. The Balaban J connectivity index is 1.83. The summed E-state index contributed by atoms with van der Waals surface area (Å²) < 4.78 is 26.6. The molecule has 2 N–H and O–H groups in total. The van der Waals surface area contributed by atoms with E-state index >= 15 is 0 Å². The fourth-order valence-corrected chi connectivity index (χ4v) is 3.81. The molecule has 112 valence electrons. The van der Waals surface area contributed by atoms with Gasteiger partial charge in [-0.25, -0.2) is 8.78 Å². The summed E-state index contributed by atoms with van der Waals surface area (Å²) in [4.78, 5) is 0. The van der Waals surface area contributed by atoms with E-state index < -0.39 is 17.7 Å². The number of aliphatic hydroxyl groups excluding tert-OH is 1. The molecule has 1 aliphatic rings. The average molecular weight is 301 g/mol. The van der Waals surface area contributed by atoms with Crippen LogP contribution in [0.2, 0.25) is 0 Å². The molecule has 1 saturated carbocycles. The molecular formula is C15H21F2NOS. The number of aliphatic hydroxyl groups is 1. The summed E-state index contributed by atoms with van der Waals surface area (Å²) in [6, 6.07) is 3.54. The van der Waals surface area contributed by atoms with Crippen LogP contribution in [0.1, 0.15) is 37.9 Å². The Bertz CT molecular complexity index is 444. The van der Waals surface area contributed by atoms with Gasteiger partial charge in [0.05, 0.1) is 6.10 Å². The van der Waals surface area contributed by atoms with Crippen molar-refractivity contribution >= 4 is 11.8 Å². The summed E-state index contributed by atoms with van der Waals surface area (Å²) in [5.41, 5.74) is 0.0231. The van der Waals surface area contributed by atoms with Gasteiger partial charge >= 0.3 is 0 Å². The Morgan fingerprint density at radius 3 is 2.95 bits per heavy atom. The lowest BCUT2D eigenvalue weighted by Crippen LogP contribution is -2.31. The molecule has 3 atom stereocenters. The van der Waals surface area contributed by atoms with E-state index in [0.29, 0.717) is 11.3 Å². The zero-order valence-corrected chi connectivity index (χ0v) is 12.4. The SMILES string of the molecule is CCSC1CCC(NCC(O)c2cc(F)ccc2F)C1. The van der Waals surface area contributed by atoms with Gasteiger partial charge in [-0.05, 0) is 43.2 Å². The van der Waals surface area contributed by atoms with Gasteiger partial charge in [-0.15, -0.1) is 0 Å². The number of nitrogens with one attached hydrogen (secondary N) is 1. The second-order valence-electron chi connectivity index (χ2n) is 5.18. The van der Waals surface area contributed by atoms with Crippen LogP contribution in [0.15, 0.2) is 18.2 Å². The summed E-state index contributed by atoms with van der Waals surface area (Å²) >= 11 is 1.97. The smallest absolute Gasteiger partial charge is 0.129 e. The molecule has 2 nitrogen and oxygen atoms in total. The molecule has 0 aliphatic heterocycles. The first-order valence-corrected chi connectivity index (χ1v) is 8.13. The minimum atomic E-state index is -1.01. The second-order valence-corrected chi connectivity index (χ2v) is 6.75. The second kappa shape index (κ2) is 7.38. The zero-order valence-electron chi connectivity index (χ0n) is 11.6. The molecule has 1 aromatic carbocycles. The van der Waals surface area contributed by atoms with Crippen LogP contribution in [0.25, 0.3) is 0 Å². The molecule has 3 unspecified atom stereocenters. The third-order valence-corrected chi connectivity index (χ3v) is 4.94. The van der Waals surface area contributed by atoms with E-state index in [4.69, 9.17) is 0 Å². The fraction of sp³-hybridized carbons (Fsp3) is 0.600. The van der Waals surface area contributed by atoms with E-state index in [0.717, 1.165) is 36.8 Å². The molecule has 0 aromatic heterocycles. The Kier molecular flexibility index (Phi) is 5.81. The van der Waals surface area contributed by atoms with E-state index in [1.54, 1.807) is 0 Å². The Morgan fingerprint density at radius 2 is 2.20 bits per heavy atom. The highest BCUT2D eigenvalue weighted by molar-refractivity contribution is 7.99. The normalized spacial score (nSPS) is 24.0. The van der Waals surface area contributed by atoms with E-state index in [-0.39, 0.29) is 12.1 Å². The molecule has 0 amide bonds. The predicted octanol–water partition coefficient (Wildman–Crippen LogP) is 3.26. The Hall–Kier alpha value is -0.650. The van der Waals surface area contributed by atoms with Crippen molar-refractivity contribution in [3.63, 3.8) is 0 Å². The molecule has 20 heavy (non-hydrogen) atoms. The van der Waals surface area contributed by atoms with Gasteiger partial charge < -0.3 is 10.4 Å². The molecule has 2 rings (SSSR count). The van der Waals surface area contributed by atoms with Crippen molar-refractivity contribution in [2.45, 2.75) is 43.6 Å². The van der Waals surface area contributed by atoms with Crippen molar-refractivity contribution in [3.8, 4) is 0 Å². The summed E-state index contributed by atoms with van der Waals surface area (Å²) in [5.74, 6) is 0.0291. The van der Waals surface area contributed by atoms with E-state index in [9.17, 15) is 13.9 Å². The summed E-state index contributed by atoms with van der Waals surface area (Å²) in [6.07, 6.45) is 2.33. The van der Waals surface area contributed by atoms with Gasteiger partial charge in [0.2, 0.25) is 0 Å². The number of benzene rings is 1. The van der Waals surface area contributed by atoms with Crippen molar-refractivity contribution in [2.75, 3.05) is 12.3 Å². The molecule has 0 spiro atoms. The van der Waals surface area contributed by atoms with Crippen LogP contribution in [-0.4, -0.2) is 28.7 Å². The number of hydrogen-bond donors (Lipinski definition) is 2. The Morgan fingerprint density at radius 1 is 1.40 bits per heavy atom. The quantitative estimate of drug-likeness (QED) is 0.846. The van der Waals surface area contributed by atoms with Crippen LogP contribution in [0, 0.1) is 11.6 Å². The van der Waals surface area contributed by atoms with Gasteiger partial charge in [-0.2, -0.15) is 11.8 Å². The van der Waals surface area contributed by atoms with Crippen LogP contribution >= 0.6 is 11.8 Å². The summed E-state index contributed by atoms with van der Waals surface area (Å²) in [7, 11) is 0. The molecule has 0 radical (unpaired) electrons. The van der Waals surface area contributed by atoms with Crippen LogP contribution in [0.5, 0.6) is 0 Å². The van der Waals surface area contributed by atoms with Gasteiger partial charge in [0, 0.05) is 23.4 Å². The van der Waals surface area contributed by atoms with Crippen molar-refractivity contribution in [1.82, 2.24) is 5.32 Å². The topological polar surface area (TPSA) is 32.3 Å². The van der Waals surface area contributed by atoms with Gasteiger partial charge in [0.25, 0.3) is 0 Å². The molecule has 1 fully saturated rings. The lowest BCUT2D eigenvalue weighted by atomic mass is 10.1. The maximum Gasteiger partial charge on any atom is 0.129 e. The Labute approximate surface area is 123 Å². The number of thioether (sulfide) groups is 1. The van der Waals surface area contributed by atoms with Gasteiger partial charge in [-0.3, -0.25) is 0 Å². The number of halogens is 2. The monoisotopic (exact) mass is 301 g/mol. The van der Waals surface area contributed by atoms with Crippen LogP contribution in [0.3, 0.4) is 0 Å². The third kappa shape index (κ3) is 4.17.